The molecular formula is C16H28N4. The molecule has 2 N–H and O–H groups in total. The van der Waals surface area contributed by atoms with Crippen LogP contribution in [0.4, 0.5) is 0 Å². The number of aromatic nitrogens is 1. The molecule has 2 rings (SSSR count). The molecule has 112 valence electrons. The van der Waals surface area contributed by atoms with Gasteiger partial charge in [-0.05, 0) is 52.0 Å². The van der Waals surface area contributed by atoms with E-state index in [1.165, 1.54) is 12.8 Å². The molecule has 0 spiro atoms. The summed E-state index contributed by atoms with van der Waals surface area (Å²) in [5.74, 6) is 0. The molecule has 3 unspecified atom stereocenters. The highest BCUT2D eigenvalue weighted by Crippen LogP contribution is 2.31. The van der Waals surface area contributed by atoms with Crippen LogP contribution < -0.4 is 5.73 Å². The molecule has 1 aromatic rings. The van der Waals surface area contributed by atoms with Gasteiger partial charge in [-0.15, -0.1) is 0 Å². The average molecular weight is 276 g/mol. The van der Waals surface area contributed by atoms with Crippen LogP contribution in [0.3, 0.4) is 0 Å². The van der Waals surface area contributed by atoms with Crippen LogP contribution in [0, 0.1) is 0 Å². The van der Waals surface area contributed by atoms with Gasteiger partial charge in [0.2, 0.25) is 0 Å². The van der Waals surface area contributed by atoms with Crippen LogP contribution in [0.1, 0.15) is 37.9 Å². The summed E-state index contributed by atoms with van der Waals surface area (Å²) in [6.45, 7) is 4.39. The zero-order chi connectivity index (χ0) is 14.5. The Balaban J connectivity index is 2.22. The zero-order valence-electron chi connectivity index (χ0n) is 13.0. The number of pyridine rings is 1. The van der Waals surface area contributed by atoms with Crippen molar-refractivity contribution in [3.8, 4) is 0 Å². The van der Waals surface area contributed by atoms with E-state index in [4.69, 9.17) is 5.73 Å². The number of rotatable bonds is 6. The van der Waals surface area contributed by atoms with Gasteiger partial charge in [-0.3, -0.25) is 9.88 Å². The van der Waals surface area contributed by atoms with Crippen molar-refractivity contribution in [2.75, 3.05) is 27.2 Å². The summed E-state index contributed by atoms with van der Waals surface area (Å²) in [4.78, 5) is 9.42. The summed E-state index contributed by atoms with van der Waals surface area (Å²) in [7, 11) is 4.29. The minimum absolute atomic E-state index is 0.146. The molecule has 1 saturated heterocycles. The molecule has 0 aliphatic carbocycles. The number of likely N-dealkylation sites (N-methyl/N-ethyl adjacent to an activating group) is 1. The Morgan fingerprint density at radius 2 is 2.25 bits per heavy atom. The molecule has 20 heavy (non-hydrogen) atoms. The van der Waals surface area contributed by atoms with Crippen molar-refractivity contribution < 1.29 is 0 Å². The van der Waals surface area contributed by atoms with E-state index in [2.05, 4.69) is 47.9 Å². The molecule has 1 aromatic heterocycles. The number of nitrogens with zero attached hydrogens (tertiary/aromatic N) is 3. The Morgan fingerprint density at radius 3 is 2.85 bits per heavy atom. The van der Waals surface area contributed by atoms with Crippen LogP contribution in [-0.4, -0.2) is 54.1 Å². The third-order valence-electron chi connectivity index (χ3n) is 4.22. The number of nitrogens with two attached hydrogens (primary N) is 1. The van der Waals surface area contributed by atoms with E-state index in [1.54, 1.807) is 0 Å². The topological polar surface area (TPSA) is 45.4 Å². The van der Waals surface area contributed by atoms with Gasteiger partial charge in [0.05, 0.1) is 11.7 Å². The van der Waals surface area contributed by atoms with Crippen molar-refractivity contribution in [2.45, 2.75) is 44.3 Å². The molecule has 3 atom stereocenters. The van der Waals surface area contributed by atoms with Crippen molar-refractivity contribution in [1.29, 1.82) is 0 Å². The first-order valence-corrected chi connectivity index (χ1v) is 7.70. The summed E-state index contributed by atoms with van der Waals surface area (Å²) < 4.78 is 0. The molecule has 0 radical (unpaired) electrons. The largest absolute Gasteiger partial charge is 0.326 e. The van der Waals surface area contributed by atoms with E-state index in [0.717, 1.165) is 25.2 Å². The maximum Gasteiger partial charge on any atom is 0.0676 e. The van der Waals surface area contributed by atoms with Gasteiger partial charge in [-0.2, -0.15) is 0 Å². The Morgan fingerprint density at radius 1 is 1.45 bits per heavy atom. The lowest BCUT2D eigenvalue weighted by Gasteiger charge is -2.37. The minimum Gasteiger partial charge on any atom is -0.326 e. The fourth-order valence-electron chi connectivity index (χ4n) is 3.25. The van der Waals surface area contributed by atoms with Gasteiger partial charge in [0.1, 0.15) is 0 Å². The molecule has 0 bridgehead atoms. The summed E-state index contributed by atoms with van der Waals surface area (Å²) in [6.07, 6.45) is 5.38. The Labute approximate surface area is 123 Å². The van der Waals surface area contributed by atoms with E-state index in [0.29, 0.717) is 6.04 Å². The van der Waals surface area contributed by atoms with Crippen molar-refractivity contribution in [1.82, 2.24) is 14.8 Å². The second kappa shape index (κ2) is 7.16. The standard InChI is InChI=1S/C16H28N4/c1-4-14(17)16(15-9-5-6-10-18-15)20-11-7-8-13(20)12-19(2)3/h5-6,9-10,13-14,16H,4,7-8,11-12,17H2,1-3H3. The van der Waals surface area contributed by atoms with Gasteiger partial charge in [0.25, 0.3) is 0 Å². The predicted octanol–water partition coefficient (Wildman–Crippen LogP) is 1.89. The van der Waals surface area contributed by atoms with E-state index in [-0.39, 0.29) is 12.1 Å². The summed E-state index contributed by atoms with van der Waals surface area (Å²) in [5, 5.41) is 0. The molecule has 0 saturated carbocycles. The second-order valence-corrected chi connectivity index (χ2v) is 6.07. The van der Waals surface area contributed by atoms with Gasteiger partial charge in [0, 0.05) is 24.8 Å². The lowest BCUT2D eigenvalue weighted by molar-refractivity contribution is 0.129. The van der Waals surface area contributed by atoms with Crippen molar-refractivity contribution in [3.63, 3.8) is 0 Å². The summed E-state index contributed by atoms with van der Waals surface area (Å²) in [5.41, 5.74) is 7.54. The molecule has 0 amide bonds. The first-order chi connectivity index (χ1) is 9.63. The Hall–Kier alpha value is -0.970. The maximum absolute atomic E-state index is 6.43. The first-order valence-electron chi connectivity index (χ1n) is 7.70. The average Bonchev–Trinajstić information content (AvgIpc) is 2.87. The van der Waals surface area contributed by atoms with Crippen LogP contribution in [0.2, 0.25) is 0 Å². The Bertz CT molecular complexity index is 393. The first kappa shape index (κ1) is 15.4. The molecule has 4 nitrogen and oxygen atoms in total. The lowest BCUT2D eigenvalue weighted by atomic mass is 9.99. The van der Waals surface area contributed by atoms with Gasteiger partial charge in [-0.25, -0.2) is 0 Å². The smallest absolute Gasteiger partial charge is 0.0676 e. The van der Waals surface area contributed by atoms with E-state index in [9.17, 15) is 0 Å². The van der Waals surface area contributed by atoms with E-state index < -0.39 is 0 Å². The summed E-state index contributed by atoms with van der Waals surface area (Å²) >= 11 is 0. The SMILES string of the molecule is CCC(N)C(c1ccccn1)N1CCCC1CN(C)C. The van der Waals surface area contributed by atoms with Crippen LogP contribution in [-0.2, 0) is 0 Å². The monoisotopic (exact) mass is 276 g/mol. The molecule has 1 aliphatic heterocycles. The highest BCUT2D eigenvalue weighted by molar-refractivity contribution is 5.12. The van der Waals surface area contributed by atoms with Crippen molar-refractivity contribution in [2.24, 2.45) is 5.73 Å². The molecule has 2 heterocycles. The second-order valence-electron chi connectivity index (χ2n) is 6.07. The highest BCUT2D eigenvalue weighted by Gasteiger charge is 2.35. The van der Waals surface area contributed by atoms with Gasteiger partial charge >= 0.3 is 0 Å². The van der Waals surface area contributed by atoms with Crippen molar-refractivity contribution >= 4 is 0 Å². The fraction of sp³-hybridized carbons (Fsp3) is 0.688. The van der Waals surface area contributed by atoms with Gasteiger partial charge < -0.3 is 10.6 Å². The lowest BCUT2D eigenvalue weighted by Crippen LogP contribution is -2.46. The van der Waals surface area contributed by atoms with Crippen LogP contribution in [0.15, 0.2) is 24.4 Å². The molecular weight excluding hydrogens is 248 g/mol. The third kappa shape index (κ3) is 3.57. The quantitative estimate of drug-likeness (QED) is 0.862. The predicted molar refractivity (Wildman–Crippen MR) is 83.5 cm³/mol. The van der Waals surface area contributed by atoms with Gasteiger partial charge in [-0.1, -0.05) is 13.0 Å². The molecule has 0 aromatic carbocycles. The maximum atomic E-state index is 6.43. The number of hydrogen-bond donors (Lipinski definition) is 1. The number of hydrogen-bond acceptors (Lipinski definition) is 4. The van der Waals surface area contributed by atoms with E-state index >= 15 is 0 Å². The van der Waals surface area contributed by atoms with Crippen molar-refractivity contribution in [3.05, 3.63) is 30.1 Å². The van der Waals surface area contributed by atoms with Crippen LogP contribution in [0.25, 0.3) is 0 Å². The van der Waals surface area contributed by atoms with Crippen LogP contribution >= 0.6 is 0 Å². The van der Waals surface area contributed by atoms with Crippen LogP contribution in [0.5, 0.6) is 0 Å². The fourth-order valence-corrected chi connectivity index (χ4v) is 3.25. The Kier molecular flexibility index (Phi) is 5.52. The molecule has 4 heteroatoms. The minimum atomic E-state index is 0.146. The molecule has 1 fully saturated rings. The molecule has 1 aliphatic rings. The van der Waals surface area contributed by atoms with Gasteiger partial charge in [0.15, 0.2) is 0 Å². The zero-order valence-corrected chi connectivity index (χ0v) is 13.0. The van der Waals surface area contributed by atoms with E-state index in [1.807, 2.05) is 12.3 Å². The highest BCUT2D eigenvalue weighted by atomic mass is 15.3. The third-order valence-corrected chi connectivity index (χ3v) is 4.22. The number of likely N-dealkylation sites (tertiary alicyclic amines) is 1. The summed E-state index contributed by atoms with van der Waals surface area (Å²) in [6, 6.07) is 7.13. The normalized spacial score (nSPS) is 23.1.